The number of rotatable bonds is 6. The molecular weight excluding hydrogens is 464 g/mol. The highest BCUT2D eigenvalue weighted by Crippen LogP contribution is 2.38. The van der Waals surface area contributed by atoms with Gasteiger partial charge in [-0.15, -0.1) is 0 Å². The molecule has 1 amide bonds. The Hall–Kier alpha value is -1.67. The molecule has 0 unspecified atom stereocenters. The Kier molecular flexibility index (Phi) is 8.41. The van der Waals surface area contributed by atoms with Gasteiger partial charge in [0.05, 0.1) is 12.3 Å². The average molecular weight is 491 g/mol. The average Bonchev–Trinajstić information content (AvgIpc) is 2.98. The lowest BCUT2D eigenvalue weighted by atomic mass is 9.88. The highest BCUT2D eigenvalue weighted by Gasteiger charge is 2.27. The van der Waals surface area contributed by atoms with Crippen LogP contribution in [0.1, 0.15) is 35.2 Å². The molecule has 32 heavy (non-hydrogen) atoms. The van der Waals surface area contributed by atoms with Crippen molar-refractivity contribution in [3.63, 3.8) is 0 Å². The molecule has 1 fully saturated rings. The second kappa shape index (κ2) is 11.5. The van der Waals surface area contributed by atoms with E-state index in [1.807, 2.05) is 18.3 Å². The number of carbonyl (C=O) groups is 1. The summed E-state index contributed by atoms with van der Waals surface area (Å²) in [5.41, 5.74) is 7.37. The van der Waals surface area contributed by atoms with Crippen LogP contribution in [0.5, 0.6) is 0 Å². The highest BCUT2D eigenvalue weighted by molar-refractivity contribution is 8.76. The lowest BCUT2D eigenvalue weighted by molar-refractivity contribution is 0.105. The number of hydrogen-bond acceptors (Lipinski definition) is 6. The van der Waals surface area contributed by atoms with Gasteiger partial charge in [0.1, 0.15) is 6.61 Å². The van der Waals surface area contributed by atoms with Gasteiger partial charge in [-0.2, -0.15) is 0 Å². The normalized spacial score (nSPS) is 15.8. The zero-order valence-electron chi connectivity index (χ0n) is 17.9. The number of aryl methyl sites for hydroxylation is 2. The molecule has 2 aliphatic rings. The van der Waals surface area contributed by atoms with Crippen LogP contribution in [-0.4, -0.2) is 58.9 Å². The molecule has 4 rings (SSSR count). The van der Waals surface area contributed by atoms with Crippen molar-refractivity contribution >= 4 is 44.9 Å². The molecule has 0 bridgehead atoms. The molecule has 0 spiro atoms. The van der Waals surface area contributed by atoms with Gasteiger partial charge in [0, 0.05) is 41.4 Å². The Bertz CT molecular complexity index is 989. The van der Waals surface area contributed by atoms with Crippen LogP contribution in [0.4, 0.5) is 4.79 Å². The number of piperidine rings is 1. The van der Waals surface area contributed by atoms with Gasteiger partial charge < -0.3 is 14.7 Å². The summed E-state index contributed by atoms with van der Waals surface area (Å²) in [6.07, 6.45) is 5.13. The number of fused-ring (bicyclic) bond motifs is 2. The minimum absolute atomic E-state index is 0.167. The number of aliphatic hydroxyl groups excluding tert-OH is 1. The molecule has 1 aliphatic heterocycles. The third-order valence-electron chi connectivity index (χ3n) is 5.76. The second-order valence-electron chi connectivity index (χ2n) is 7.76. The molecule has 0 atom stereocenters. The summed E-state index contributed by atoms with van der Waals surface area (Å²) in [7, 11) is 3.20. The van der Waals surface area contributed by atoms with Gasteiger partial charge in [-0.05, 0) is 60.6 Å². The number of carbonyl (C=O) groups excluding carboxylic acids is 1. The standard InChI is InChI=1S/C24H27ClN2O3S2/c25-20-5-6-21-19(16-20)4-3-18-2-1-9-26-23(18)22(21)17-7-10-27(11-8-17)24(29)30-13-15-32-31-14-12-28/h1-2,5-6,9,16,28H,3-4,7-8,10-15H2. The third kappa shape index (κ3) is 5.63. The number of amides is 1. The van der Waals surface area contributed by atoms with Gasteiger partial charge in [0.25, 0.3) is 0 Å². The first-order valence-corrected chi connectivity index (χ1v) is 13.8. The summed E-state index contributed by atoms with van der Waals surface area (Å²) >= 11 is 6.30. The van der Waals surface area contributed by atoms with Crippen LogP contribution < -0.4 is 0 Å². The van der Waals surface area contributed by atoms with Crippen molar-refractivity contribution in [2.45, 2.75) is 25.7 Å². The Morgan fingerprint density at radius 3 is 2.69 bits per heavy atom. The summed E-state index contributed by atoms with van der Waals surface area (Å²) in [6.45, 7) is 1.85. The third-order valence-corrected chi connectivity index (χ3v) is 8.34. The number of ether oxygens (including phenoxy) is 1. The highest BCUT2D eigenvalue weighted by atomic mass is 35.5. The van der Waals surface area contributed by atoms with Gasteiger partial charge in [-0.1, -0.05) is 50.9 Å². The van der Waals surface area contributed by atoms with Crippen LogP contribution in [0.3, 0.4) is 0 Å². The van der Waals surface area contributed by atoms with E-state index in [-0.39, 0.29) is 12.7 Å². The fourth-order valence-corrected chi connectivity index (χ4v) is 6.04. The number of likely N-dealkylation sites (tertiary alicyclic amines) is 1. The van der Waals surface area contributed by atoms with Crippen molar-refractivity contribution in [1.29, 1.82) is 0 Å². The topological polar surface area (TPSA) is 62.7 Å². The van der Waals surface area contributed by atoms with Crippen molar-refractivity contribution in [1.82, 2.24) is 9.88 Å². The molecule has 1 aromatic carbocycles. The summed E-state index contributed by atoms with van der Waals surface area (Å²) in [5.74, 6) is 1.41. The summed E-state index contributed by atoms with van der Waals surface area (Å²) in [5, 5.41) is 9.55. The first-order chi connectivity index (χ1) is 15.7. The van der Waals surface area contributed by atoms with E-state index < -0.39 is 0 Å². The van der Waals surface area contributed by atoms with Crippen molar-refractivity contribution < 1.29 is 14.6 Å². The molecule has 2 heterocycles. The number of benzene rings is 1. The molecule has 1 aliphatic carbocycles. The molecule has 0 saturated carbocycles. The van der Waals surface area contributed by atoms with E-state index >= 15 is 0 Å². The lowest BCUT2D eigenvalue weighted by Gasteiger charge is -2.29. The quantitative estimate of drug-likeness (QED) is 0.441. The predicted octanol–water partition coefficient (Wildman–Crippen LogP) is 5.24. The first-order valence-electron chi connectivity index (χ1n) is 10.9. The van der Waals surface area contributed by atoms with E-state index in [4.69, 9.17) is 26.4 Å². The molecule has 8 heteroatoms. The number of halogens is 1. The van der Waals surface area contributed by atoms with Crippen molar-refractivity contribution in [3.8, 4) is 0 Å². The number of aromatic nitrogens is 1. The fraction of sp³-hybridized carbons (Fsp3) is 0.417. The van der Waals surface area contributed by atoms with Crippen LogP contribution >= 0.6 is 33.2 Å². The van der Waals surface area contributed by atoms with Crippen LogP contribution in [0.25, 0.3) is 5.57 Å². The maximum absolute atomic E-state index is 12.5. The fourth-order valence-electron chi connectivity index (χ4n) is 4.25. The molecule has 1 N–H and O–H groups in total. The SMILES string of the molecule is O=C(OCCSSCCO)N1CCC(=C2c3ccc(Cl)cc3CCc3cccnc32)CC1. The lowest BCUT2D eigenvalue weighted by Crippen LogP contribution is -2.37. The number of aliphatic hydroxyl groups is 1. The summed E-state index contributed by atoms with van der Waals surface area (Å²) in [4.78, 5) is 19.0. The Balaban J connectivity index is 1.48. The van der Waals surface area contributed by atoms with E-state index in [1.165, 1.54) is 27.8 Å². The summed E-state index contributed by atoms with van der Waals surface area (Å²) in [6, 6.07) is 10.3. The van der Waals surface area contributed by atoms with Crippen LogP contribution in [0.15, 0.2) is 42.1 Å². The largest absolute Gasteiger partial charge is 0.449 e. The van der Waals surface area contributed by atoms with E-state index in [0.29, 0.717) is 25.4 Å². The van der Waals surface area contributed by atoms with Gasteiger partial charge in [0.2, 0.25) is 0 Å². The van der Waals surface area contributed by atoms with Crippen molar-refractivity contribution in [2.75, 3.05) is 37.8 Å². The molecular formula is C24H27ClN2O3S2. The van der Waals surface area contributed by atoms with Crippen molar-refractivity contribution in [2.24, 2.45) is 0 Å². The molecule has 1 saturated heterocycles. The van der Waals surface area contributed by atoms with E-state index in [9.17, 15) is 4.79 Å². The molecule has 1 aromatic heterocycles. The van der Waals surface area contributed by atoms with Gasteiger partial charge in [-0.25, -0.2) is 4.79 Å². The second-order valence-corrected chi connectivity index (χ2v) is 10.9. The van der Waals surface area contributed by atoms with E-state index in [2.05, 4.69) is 18.2 Å². The minimum atomic E-state index is -0.242. The smallest absolute Gasteiger partial charge is 0.409 e. The van der Waals surface area contributed by atoms with Gasteiger partial charge in [-0.3, -0.25) is 4.98 Å². The molecule has 170 valence electrons. The van der Waals surface area contributed by atoms with Gasteiger partial charge in [0.15, 0.2) is 0 Å². The maximum atomic E-state index is 12.5. The predicted molar refractivity (Wildman–Crippen MR) is 133 cm³/mol. The zero-order chi connectivity index (χ0) is 22.3. The zero-order valence-corrected chi connectivity index (χ0v) is 20.3. The van der Waals surface area contributed by atoms with E-state index in [1.54, 1.807) is 26.5 Å². The number of hydrogen-bond donors (Lipinski definition) is 1. The Morgan fingerprint density at radius 2 is 1.88 bits per heavy atom. The first kappa shape index (κ1) is 23.5. The van der Waals surface area contributed by atoms with Crippen LogP contribution in [0.2, 0.25) is 5.02 Å². The Morgan fingerprint density at radius 1 is 1.09 bits per heavy atom. The van der Waals surface area contributed by atoms with Gasteiger partial charge >= 0.3 is 6.09 Å². The molecule has 2 aromatic rings. The maximum Gasteiger partial charge on any atom is 0.409 e. The van der Waals surface area contributed by atoms with E-state index in [0.717, 1.165) is 42.2 Å². The van der Waals surface area contributed by atoms with Crippen LogP contribution in [0, 0.1) is 0 Å². The summed E-state index contributed by atoms with van der Waals surface area (Å²) < 4.78 is 5.44. The van der Waals surface area contributed by atoms with Crippen molar-refractivity contribution in [3.05, 3.63) is 69.5 Å². The minimum Gasteiger partial charge on any atom is -0.449 e. The van der Waals surface area contributed by atoms with Crippen LogP contribution in [-0.2, 0) is 17.6 Å². The molecule has 5 nitrogen and oxygen atoms in total. The Labute approximate surface area is 202 Å². The number of pyridine rings is 1. The monoisotopic (exact) mass is 490 g/mol. The molecule has 0 radical (unpaired) electrons. The number of nitrogens with zero attached hydrogens (tertiary/aromatic N) is 2.